The maximum absolute atomic E-state index is 5.35. The lowest BCUT2D eigenvalue weighted by Crippen LogP contribution is -2.44. The predicted octanol–water partition coefficient (Wildman–Crippen LogP) is 2.32. The molecule has 2 unspecified atom stereocenters. The van der Waals surface area contributed by atoms with E-state index in [1.54, 1.807) is 6.26 Å². The molecule has 2 atom stereocenters. The second-order valence-electron chi connectivity index (χ2n) is 6.59. The lowest BCUT2D eigenvalue weighted by atomic mass is 10.1. The predicted molar refractivity (Wildman–Crippen MR) is 85.3 cm³/mol. The van der Waals surface area contributed by atoms with Crippen molar-refractivity contribution >= 4 is 0 Å². The maximum Gasteiger partial charge on any atom is 0.117 e. The van der Waals surface area contributed by atoms with Crippen LogP contribution >= 0.6 is 0 Å². The molecule has 4 nitrogen and oxygen atoms in total. The highest BCUT2D eigenvalue weighted by Crippen LogP contribution is 2.21. The minimum absolute atomic E-state index is 0.606. The van der Waals surface area contributed by atoms with E-state index in [-0.39, 0.29) is 0 Å². The lowest BCUT2D eigenvalue weighted by Gasteiger charge is -2.33. The molecule has 4 heteroatoms. The molecule has 0 saturated carbocycles. The number of nitrogens with zero attached hydrogens (tertiary/aromatic N) is 2. The first kappa shape index (κ1) is 15.1. The largest absolute Gasteiger partial charge is 0.468 e. The van der Waals surface area contributed by atoms with Gasteiger partial charge in [-0.05, 0) is 51.4 Å². The molecule has 0 radical (unpaired) electrons. The van der Waals surface area contributed by atoms with Gasteiger partial charge in [-0.1, -0.05) is 6.42 Å². The van der Waals surface area contributed by atoms with E-state index in [2.05, 4.69) is 22.0 Å². The second kappa shape index (κ2) is 7.43. The fraction of sp³-hybridized carbons (Fsp3) is 0.765. The van der Waals surface area contributed by atoms with Crippen LogP contribution in [0.3, 0.4) is 0 Å². The third kappa shape index (κ3) is 4.09. The Morgan fingerprint density at radius 3 is 2.90 bits per heavy atom. The maximum atomic E-state index is 5.35. The van der Waals surface area contributed by atoms with Gasteiger partial charge >= 0.3 is 0 Å². The first-order valence-electron chi connectivity index (χ1n) is 8.54. The molecule has 2 aliphatic rings. The molecular weight excluding hydrogens is 262 g/mol. The van der Waals surface area contributed by atoms with Crippen LogP contribution in [0, 0.1) is 0 Å². The Morgan fingerprint density at radius 1 is 1.29 bits per heavy atom. The van der Waals surface area contributed by atoms with E-state index in [4.69, 9.17) is 4.42 Å². The number of hydrogen-bond donors (Lipinski definition) is 1. The summed E-state index contributed by atoms with van der Waals surface area (Å²) >= 11 is 0. The Balaban J connectivity index is 1.38. The Hall–Kier alpha value is -0.840. The molecule has 3 heterocycles. The van der Waals surface area contributed by atoms with Crippen molar-refractivity contribution < 1.29 is 4.42 Å². The number of furan rings is 1. The van der Waals surface area contributed by atoms with Crippen LogP contribution < -0.4 is 5.32 Å². The van der Waals surface area contributed by atoms with E-state index in [1.165, 1.54) is 51.9 Å². The van der Waals surface area contributed by atoms with E-state index in [9.17, 15) is 0 Å². The van der Waals surface area contributed by atoms with E-state index < -0.39 is 0 Å². The SMILES string of the molecule is CC(CNCc1ccco1)N1CCC(N2CCCCC2)C1. The molecule has 0 amide bonds. The van der Waals surface area contributed by atoms with Crippen LogP contribution in [0.2, 0.25) is 0 Å². The topological polar surface area (TPSA) is 31.7 Å². The quantitative estimate of drug-likeness (QED) is 0.871. The summed E-state index contributed by atoms with van der Waals surface area (Å²) in [5.41, 5.74) is 0. The van der Waals surface area contributed by atoms with Gasteiger partial charge < -0.3 is 9.73 Å². The van der Waals surface area contributed by atoms with Crippen molar-refractivity contribution in [2.45, 2.75) is 51.2 Å². The van der Waals surface area contributed by atoms with Gasteiger partial charge in [-0.2, -0.15) is 0 Å². The van der Waals surface area contributed by atoms with Crippen molar-refractivity contribution in [3.63, 3.8) is 0 Å². The summed E-state index contributed by atoms with van der Waals surface area (Å²) in [5, 5.41) is 3.51. The number of nitrogens with one attached hydrogen (secondary N) is 1. The number of hydrogen-bond acceptors (Lipinski definition) is 4. The molecular formula is C17H29N3O. The zero-order valence-electron chi connectivity index (χ0n) is 13.3. The van der Waals surface area contributed by atoms with Crippen LogP contribution in [-0.2, 0) is 6.54 Å². The molecule has 0 aliphatic carbocycles. The summed E-state index contributed by atoms with van der Waals surface area (Å²) < 4.78 is 5.35. The molecule has 21 heavy (non-hydrogen) atoms. The summed E-state index contributed by atoms with van der Waals surface area (Å²) in [7, 11) is 0. The van der Waals surface area contributed by atoms with E-state index in [0.717, 1.165) is 24.9 Å². The van der Waals surface area contributed by atoms with Crippen molar-refractivity contribution in [3.05, 3.63) is 24.2 Å². The normalized spacial score (nSPS) is 26.2. The molecule has 0 bridgehead atoms. The van der Waals surface area contributed by atoms with Gasteiger partial charge in [0.15, 0.2) is 0 Å². The van der Waals surface area contributed by atoms with Crippen LogP contribution in [-0.4, -0.2) is 54.6 Å². The summed E-state index contributed by atoms with van der Waals surface area (Å²) in [5.74, 6) is 1.02. The number of rotatable bonds is 6. The minimum Gasteiger partial charge on any atom is -0.468 e. The van der Waals surface area contributed by atoms with Gasteiger partial charge in [0, 0.05) is 31.7 Å². The molecule has 3 rings (SSSR count). The standard InChI is InChI=1S/C17H29N3O/c1-15(12-18-13-17-6-5-11-21-17)20-10-7-16(14-20)19-8-3-2-4-9-19/h5-6,11,15-16,18H,2-4,7-10,12-14H2,1H3. The van der Waals surface area contributed by atoms with Crippen LogP contribution in [0.15, 0.2) is 22.8 Å². The molecule has 0 spiro atoms. The van der Waals surface area contributed by atoms with Gasteiger partial charge in [0.2, 0.25) is 0 Å². The van der Waals surface area contributed by atoms with Crippen molar-refractivity contribution in [1.29, 1.82) is 0 Å². The summed E-state index contributed by atoms with van der Waals surface area (Å²) in [6.45, 7) is 9.36. The first-order chi connectivity index (χ1) is 10.3. The van der Waals surface area contributed by atoms with Gasteiger partial charge in [0.1, 0.15) is 5.76 Å². The Kier molecular flexibility index (Phi) is 5.33. The smallest absolute Gasteiger partial charge is 0.117 e. The van der Waals surface area contributed by atoms with Crippen LogP contribution in [0.4, 0.5) is 0 Å². The monoisotopic (exact) mass is 291 g/mol. The zero-order chi connectivity index (χ0) is 14.5. The van der Waals surface area contributed by atoms with Gasteiger partial charge in [0.05, 0.1) is 12.8 Å². The van der Waals surface area contributed by atoms with Crippen molar-refractivity contribution in [3.8, 4) is 0 Å². The molecule has 1 aromatic heterocycles. The molecule has 2 saturated heterocycles. The average Bonchev–Trinajstić information content (AvgIpc) is 3.20. The van der Waals surface area contributed by atoms with Gasteiger partial charge in [-0.3, -0.25) is 9.80 Å². The van der Waals surface area contributed by atoms with Crippen molar-refractivity contribution in [2.24, 2.45) is 0 Å². The highest BCUT2D eigenvalue weighted by Gasteiger charge is 2.30. The zero-order valence-corrected chi connectivity index (χ0v) is 13.3. The number of likely N-dealkylation sites (tertiary alicyclic amines) is 2. The van der Waals surface area contributed by atoms with Crippen LogP contribution in [0.5, 0.6) is 0 Å². The Morgan fingerprint density at radius 2 is 2.14 bits per heavy atom. The highest BCUT2D eigenvalue weighted by atomic mass is 16.3. The molecule has 1 N–H and O–H groups in total. The Bertz CT molecular complexity index is 400. The van der Waals surface area contributed by atoms with Gasteiger partial charge in [-0.15, -0.1) is 0 Å². The van der Waals surface area contributed by atoms with Crippen LogP contribution in [0.1, 0.15) is 38.4 Å². The number of piperidine rings is 1. The van der Waals surface area contributed by atoms with Crippen molar-refractivity contribution in [1.82, 2.24) is 15.1 Å². The third-order valence-electron chi connectivity index (χ3n) is 5.04. The molecule has 2 aliphatic heterocycles. The van der Waals surface area contributed by atoms with E-state index >= 15 is 0 Å². The summed E-state index contributed by atoms with van der Waals surface area (Å²) in [6, 6.07) is 5.39. The second-order valence-corrected chi connectivity index (χ2v) is 6.59. The van der Waals surface area contributed by atoms with E-state index in [0.29, 0.717) is 6.04 Å². The summed E-state index contributed by atoms with van der Waals surface area (Å²) in [6.07, 6.45) is 7.32. The minimum atomic E-state index is 0.606. The third-order valence-corrected chi connectivity index (χ3v) is 5.04. The summed E-state index contributed by atoms with van der Waals surface area (Å²) in [4.78, 5) is 5.38. The Labute approximate surface area is 128 Å². The average molecular weight is 291 g/mol. The lowest BCUT2D eigenvalue weighted by molar-refractivity contribution is 0.153. The highest BCUT2D eigenvalue weighted by molar-refractivity contribution is 4.97. The molecule has 118 valence electrons. The molecule has 0 aromatic carbocycles. The van der Waals surface area contributed by atoms with Gasteiger partial charge in [0.25, 0.3) is 0 Å². The van der Waals surface area contributed by atoms with Crippen LogP contribution in [0.25, 0.3) is 0 Å². The fourth-order valence-electron chi connectivity index (χ4n) is 3.70. The first-order valence-corrected chi connectivity index (χ1v) is 8.54. The fourth-order valence-corrected chi connectivity index (χ4v) is 3.70. The molecule has 2 fully saturated rings. The van der Waals surface area contributed by atoms with E-state index in [1.807, 2.05) is 12.1 Å². The molecule has 1 aromatic rings. The van der Waals surface area contributed by atoms with Gasteiger partial charge in [-0.25, -0.2) is 0 Å². The van der Waals surface area contributed by atoms with Crippen molar-refractivity contribution in [2.75, 3.05) is 32.7 Å².